The van der Waals surface area contributed by atoms with E-state index in [0.717, 1.165) is 12.8 Å². The lowest BCUT2D eigenvalue weighted by atomic mass is 9.68. The van der Waals surface area contributed by atoms with Gasteiger partial charge in [0.05, 0.1) is 6.54 Å². The molecule has 1 amide bonds. The van der Waals surface area contributed by atoms with Crippen LogP contribution in [-0.4, -0.2) is 22.0 Å². The maximum atomic E-state index is 12.3. The summed E-state index contributed by atoms with van der Waals surface area (Å²) >= 11 is 1.25. The van der Waals surface area contributed by atoms with Crippen LogP contribution < -0.4 is 5.32 Å². The van der Waals surface area contributed by atoms with Gasteiger partial charge >= 0.3 is 5.97 Å². The summed E-state index contributed by atoms with van der Waals surface area (Å²) in [7, 11) is 0. The van der Waals surface area contributed by atoms with Gasteiger partial charge in [-0.1, -0.05) is 38.1 Å². The highest BCUT2D eigenvalue weighted by Gasteiger charge is 2.33. The number of rotatable bonds is 5. The number of hydrogen-bond donors (Lipinski definition) is 2. The third-order valence-electron chi connectivity index (χ3n) is 4.89. The molecule has 0 saturated carbocycles. The molecule has 25 heavy (non-hydrogen) atoms. The Kier molecular flexibility index (Phi) is 4.90. The molecule has 6 heteroatoms. The summed E-state index contributed by atoms with van der Waals surface area (Å²) in [6.45, 7) is 4.78. The Morgan fingerprint density at radius 2 is 2.12 bits per heavy atom. The summed E-state index contributed by atoms with van der Waals surface area (Å²) in [6.07, 6.45) is 2.51. The lowest BCUT2D eigenvalue weighted by Crippen LogP contribution is -2.30. The number of amides is 1. The van der Waals surface area contributed by atoms with Crippen molar-refractivity contribution >= 4 is 23.2 Å². The van der Waals surface area contributed by atoms with Crippen molar-refractivity contribution < 1.29 is 14.7 Å². The minimum atomic E-state index is -1.05. The number of carbonyl (C=O) groups is 2. The Hall–Kier alpha value is -2.21. The van der Waals surface area contributed by atoms with Gasteiger partial charge in [-0.15, -0.1) is 11.3 Å². The second kappa shape index (κ2) is 6.96. The summed E-state index contributed by atoms with van der Waals surface area (Å²) < 4.78 is 0. The number of aromatic carboxylic acids is 1. The third kappa shape index (κ3) is 3.90. The molecule has 2 N–H and O–H groups in total. The van der Waals surface area contributed by atoms with Gasteiger partial charge in [0.1, 0.15) is 5.01 Å². The number of carboxylic acid groups (broad SMARTS) is 1. The van der Waals surface area contributed by atoms with E-state index in [2.05, 4.69) is 42.3 Å². The molecular weight excluding hydrogens is 336 g/mol. The quantitative estimate of drug-likeness (QED) is 0.854. The standard InChI is InChI=1S/C19H22N2O3S/c1-19(2)8-7-12(13-5-3-4-6-14(13)19)9-16(22)20-10-17-21-15(11-25-17)18(23)24/h3-6,11-12H,7-10H2,1-2H3,(H,20,22)(H,23,24). The van der Waals surface area contributed by atoms with Gasteiger partial charge in [-0.05, 0) is 35.3 Å². The molecule has 0 radical (unpaired) electrons. The zero-order valence-electron chi connectivity index (χ0n) is 14.4. The van der Waals surface area contributed by atoms with E-state index in [4.69, 9.17) is 5.11 Å². The minimum absolute atomic E-state index is 0.0217. The molecule has 3 rings (SSSR count). The highest BCUT2D eigenvalue weighted by molar-refractivity contribution is 7.09. The fraction of sp³-hybridized carbons (Fsp3) is 0.421. The number of nitrogens with one attached hydrogen (secondary N) is 1. The van der Waals surface area contributed by atoms with Crippen LogP contribution in [0.4, 0.5) is 0 Å². The molecule has 1 aromatic heterocycles. The van der Waals surface area contributed by atoms with E-state index in [9.17, 15) is 9.59 Å². The monoisotopic (exact) mass is 358 g/mol. The number of thiazole rings is 1. The molecule has 132 valence electrons. The van der Waals surface area contributed by atoms with Crippen LogP contribution in [0, 0.1) is 0 Å². The molecule has 1 aliphatic rings. The maximum absolute atomic E-state index is 12.3. The molecule has 0 saturated heterocycles. The Morgan fingerprint density at radius 1 is 1.36 bits per heavy atom. The molecule has 1 unspecified atom stereocenters. The number of carbonyl (C=O) groups excluding carboxylic acids is 1. The van der Waals surface area contributed by atoms with Crippen molar-refractivity contribution in [1.29, 1.82) is 0 Å². The maximum Gasteiger partial charge on any atom is 0.355 e. The molecule has 0 fully saturated rings. The van der Waals surface area contributed by atoms with Crippen LogP contribution in [0.15, 0.2) is 29.6 Å². The summed E-state index contributed by atoms with van der Waals surface area (Å²) in [5.41, 5.74) is 2.79. The van der Waals surface area contributed by atoms with E-state index < -0.39 is 5.97 Å². The highest BCUT2D eigenvalue weighted by Crippen LogP contribution is 2.43. The van der Waals surface area contributed by atoms with E-state index in [1.807, 2.05) is 6.07 Å². The van der Waals surface area contributed by atoms with Crippen molar-refractivity contribution in [3.63, 3.8) is 0 Å². The Labute approximate surface area is 151 Å². The molecule has 5 nitrogen and oxygen atoms in total. The second-order valence-corrected chi connectivity index (χ2v) is 8.06. The Bertz CT molecular complexity index is 797. The van der Waals surface area contributed by atoms with Gasteiger partial charge in [0, 0.05) is 11.8 Å². The minimum Gasteiger partial charge on any atom is -0.476 e. The van der Waals surface area contributed by atoms with E-state index >= 15 is 0 Å². The van der Waals surface area contributed by atoms with E-state index in [0.29, 0.717) is 11.4 Å². The molecule has 1 atom stereocenters. The molecule has 2 aromatic rings. The van der Waals surface area contributed by atoms with Gasteiger partial charge in [0.15, 0.2) is 5.69 Å². The average Bonchev–Trinajstić information content (AvgIpc) is 3.05. The molecule has 1 aliphatic carbocycles. The zero-order chi connectivity index (χ0) is 18.0. The van der Waals surface area contributed by atoms with E-state index in [-0.39, 0.29) is 29.5 Å². The number of benzene rings is 1. The van der Waals surface area contributed by atoms with E-state index in [1.165, 1.54) is 27.8 Å². The normalized spacial score (nSPS) is 18.4. The smallest absolute Gasteiger partial charge is 0.355 e. The van der Waals surface area contributed by atoms with Crippen molar-refractivity contribution in [2.45, 2.75) is 51.0 Å². The fourth-order valence-corrected chi connectivity index (χ4v) is 4.17. The zero-order valence-corrected chi connectivity index (χ0v) is 15.2. The van der Waals surface area contributed by atoms with Crippen molar-refractivity contribution in [2.24, 2.45) is 0 Å². The van der Waals surface area contributed by atoms with Crippen LogP contribution in [0.25, 0.3) is 0 Å². The first-order chi connectivity index (χ1) is 11.9. The lowest BCUT2D eigenvalue weighted by molar-refractivity contribution is -0.121. The third-order valence-corrected chi connectivity index (χ3v) is 5.74. The highest BCUT2D eigenvalue weighted by atomic mass is 32.1. The number of carboxylic acids is 1. The summed E-state index contributed by atoms with van der Waals surface area (Å²) in [6, 6.07) is 8.40. The lowest BCUT2D eigenvalue weighted by Gasteiger charge is -2.37. The van der Waals surface area contributed by atoms with Gasteiger partial charge < -0.3 is 10.4 Å². The van der Waals surface area contributed by atoms with Crippen LogP contribution >= 0.6 is 11.3 Å². The SMILES string of the molecule is CC1(C)CCC(CC(=O)NCc2nc(C(=O)O)cs2)c2ccccc21. The predicted octanol–water partition coefficient (Wildman–Crippen LogP) is 3.70. The van der Waals surface area contributed by atoms with Crippen LogP contribution in [0.2, 0.25) is 0 Å². The number of nitrogens with zero attached hydrogens (tertiary/aromatic N) is 1. The molecule has 0 aliphatic heterocycles. The number of hydrogen-bond acceptors (Lipinski definition) is 4. The van der Waals surface area contributed by atoms with Crippen molar-refractivity contribution in [3.8, 4) is 0 Å². The van der Waals surface area contributed by atoms with Crippen LogP contribution in [0.3, 0.4) is 0 Å². The predicted molar refractivity (Wildman–Crippen MR) is 97.0 cm³/mol. The van der Waals surface area contributed by atoms with Gasteiger partial charge in [-0.3, -0.25) is 4.79 Å². The van der Waals surface area contributed by atoms with E-state index in [1.54, 1.807) is 0 Å². The van der Waals surface area contributed by atoms with Gasteiger partial charge in [-0.2, -0.15) is 0 Å². The first-order valence-corrected chi connectivity index (χ1v) is 9.28. The summed E-state index contributed by atoms with van der Waals surface area (Å²) in [5, 5.41) is 13.8. The van der Waals surface area contributed by atoms with Gasteiger partial charge in [-0.25, -0.2) is 9.78 Å². The largest absolute Gasteiger partial charge is 0.476 e. The van der Waals surface area contributed by atoms with Crippen LogP contribution in [-0.2, 0) is 16.8 Å². The summed E-state index contributed by atoms with van der Waals surface area (Å²) in [4.78, 5) is 27.2. The van der Waals surface area contributed by atoms with Gasteiger partial charge in [0.25, 0.3) is 0 Å². The molecular formula is C19H22N2O3S. The van der Waals surface area contributed by atoms with Crippen molar-refractivity contribution in [3.05, 3.63) is 51.5 Å². The molecule has 0 bridgehead atoms. The van der Waals surface area contributed by atoms with Crippen LogP contribution in [0.5, 0.6) is 0 Å². The first-order valence-electron chi connectivity index (χ1n) is 8.40. The number of aromatic nitrogens is 1. The second-order valence-electron chi connectivity index (χ2n) is 7.12. The topological polar surface area (TPSA) is 79.3 Å². The Balaban J connectivity index is 1.62. The Morgan fingerprint density at radius 3 is 2.84 bits per heavy atom. The van der Waals surface area contributed by atoms with Crippen molar-refractivity contribution in [2.75, 3.05) is 0 Å². The molecule has 1 aromatic carbocycles. The van der Waals surface area contributed by atoms with Crippen molar-refractivity contribution in [1.82, 2.24) is 10.3 Å². The molecule has 1 heterocycles. The van der Waals surface area contributed by atoms with Crippen LogP contribution in [0.1, 0.15) is 65.7 Å². The fourth-order valence-electron chi connectivity index (χ4n) is 3.47. The summed E-state index contributed by atoms with van der Waals surface area (Å²) in [5.74, 6) is -0.836. The molecule has 0 spiro atoms. The average molecular weight is 358 g/mol. The number of fused-ring (bicyclic) bond motifs is 1. The van der Waals surface area contributed by atoms with Gasteiger partial charge in [0.2, 0.25) is 5.91 Å². The first kappa shape index (κ1) is 17.6.